The van der Waals surface area contributed by atoms with Crippen molar-refractivity contribution in [2.24, 2.45) is 28.9 Å². The molecule has 9 heteroatoms. The first-order chi connectivity index (χ1) is 18.1. The molecule has 3 atom stereocenters. The highest BCUT2D eigenvalue weighted by molar-refractivity contribution is 5.96. The fourth-order valence-corrected chi connectivity index (χ4v) is 4.76. The minimum absolute atomic E-state index is 0.0489. The Hall–Kier alpha value is -2.20. The minimum Gasteiger partial charge on any atom is -0.493 e. The summed E-state index contributed by atoms with van der Waals surface area (Å²) in [5.41, 5.74) is 6.29. The van der Waals surface area contributed by atoms with Gasteiger partial charge in [0.2, 0.25) is 5.91 Å². The Morgan fingerprint density at radius 2 is 1.82 bits per heavy atom. The Balaban J connectivity index is 1.86. The average Bonchev–Trinajstić information content (AvgIpc) is 2.91. The third-order valence-corrected chi connectivity index (χ3v) is 7.72. The highest BCUT2D eigenvalue weighted by Gasteiger charge is 2.37. The van der Waals surface area contributed by atoms with Gasteiger partial charge in [-0.25, -0.2) is 0 Å². The molecule has 1 aromatic rings. The normalized spacial score (nSPS) is 17.1. The molecule has 1 aromatic carbocycles. The van der Waals surface area contributed by atoms with Gasteiger partial charge in [-0.05, 0) is 49.1 Å². The summed E-state index contributed by atoms with van der Waals surface area (Å²) in [6.07, 6.45) is 2.06. The van der Waals surface area contributed by atoms with Gasteiger partial charge < -0.3 is 35.7 Å². The quantitative estimate of drug-likeness (QED) is 0.239. The molecule has 1 heterocycles. The summed E-state index contributed by atoms with van der Waals surface area (Å²) in [5, 5.41) is 16.6. The molecule has 38 heavy (non-hydrogen) atoms. The molecule has 1 aliphatic heterocycles. The van der Waals surface area contributed by atoms with Crippen LogP contribution in [0.25, 0.3) is 0 Å². The highest BCUT2D eigenvalue weighted by atomic mass is 16.5. The highest BCUT2D eigenvalue weighted by Crippen LogP contribution is 2.34. The van der Waals surface area contributed by atoms with Gasteiger partial charge >= 0.3 is 0 Å². The first kappa shape index (κ1) is 32.0. The van der Waals surface area contributed by atoms with Gasteiger partial charge in [0, 0.05) is 57.9 Å². The van der Waals surface area contributed by atoms with E-state index in [-0.39, 0.29) is 36.1 Å². The van der Waals surface area contributed by atoms with Crippen LogP contribution in [0.2, 0.25) is 0 Å². The van der Waals surface area contributed by atoms with E-state index in [9.17, 15) is 14.7 Å². The molecule has 9 nitrogen and oxygen atoms in total. The number of carbonyl (C=O) groups is 2. The Morgan fingerprint density at radius 1 is 1.13 bits per heavy atom. The third kappa shape index (κ3) is 9.84. The number of amides is 2. The van der Waals surface area contributed by atoms with Crippen molar-refractivity contribution in [1.82, 2.24) is 10.6 Å². The zero-order valence-electron chi connectivity index (χ0n) is 23.8. The summed E-state index contributed by atoms with van der Waals surface area (Å²) in [6, 6.07) is 6.63. The lowest BCUT2D eigenvalue weighted by Gasteiger charge is -2.36. The summed E-state index contributed by atoms with van der Waals surface area (Å²) in [7, 11) is 1.64. The van der Waals surface area contributed by atoms with Crippen LogP contribution in [-0.2, 0) is 14.3 Å². The van der Waals surface area contributed by atoms with E-state index >= 15 is 0 Å². The number of hydrogen-bond donors (Lipinski definition) is 4. The van der Waals surface area contributed by atoms with Crippen LogP contribution in [0, 0.1) is 23.2 Å². The maximum Gasteiger partial charge on any atom is 0.255 e. The van der Waals surface area contributed by atoms with Gasteiger partial charge in [-0.15, -0.1) is 0 Å². The molecule has 5 N–H and O–H groups in total. The molecule has 0 bridgehead atoms. The fraction of sp³-hybridized carbons (Fsp3) is 0.724. The molecule has 0 spiro atoms. The fourth-order valence-electron chi connectivity index (χ4n) is 4.76. The number of benzene rings is 1. The molecule has 0 aromatic heterocycles. The molecule has 0 radical (unpaired) electrons. The maximum absolute atomic E-state index is 13.0. The molecule has 2 rings (SSSR count). The number of nitrogens with one attached hydrogen (secondary N) is 2. The van der Waals surface area contributed by atoms with Crippen molar-refractivity contribution in [1.29, 1.82) is 0 Å². The standard InChI is InChI=1S/C29H49N3O6/c1-20(2)21(18-31-27(34)23-9-6-7-10-26(23)38-14-8-13-36-5)17-24(30)25(33)19-32-28(35)29(3,4)22-11-15-37-16-12-22/h6-7,9-10,20-22,24-25,33H,8,11-19,30H2,1-5H3,(H,31,34)(H,32,35). The van der Waals surface area contributed by atoms with Gasteiger partial charge in [-0.3, -0.25) is 9.59 Å². The van der Waals surface area contributed by atoms with Gasteiger partial charge in [0.15, 0.2) is 0 Å². The lowest BCUT2D eigenvalue weighted by atomic mass is 9.74. The van der Waals surface area contributed by atoms with Crippen LogP contribution in [-0.4, -0.2) is 75.7 Å². The van der Waals surface area contributed by atoms with Crippen LogP contribution >= 0.6 is 0 Å². The van der Waals surface area contributed by atoms with Crippen LogP contribution in [0.3, 0.4) is 0 Å². The lowest BCUT2D eigenvalue weighted by molar-refractivity contribution is -0.134. The van der Waals surface area contributed by atoms with E-state index in [4.69, 9.17) is 19.9 Å². The Morgan fingerprint density at radius 3 is 2.47 bits per heavy atom. The number of hydrogen-bond acceptors (Lipinski definition) is 7. The predicted octanol–water partition coefficient (Wildman–Crippen LogP) is 2.75. The van der Waals surface area contributed by atoms with Crippen molar-refractivity contribution >= 4 is 11.8 Å². The van der Waals surface area contributed by atoms with Gasteiger partial charge in [0.1, 0.15) is 5.75 Å². The predicted molar refractivity (Wildman–Crippen MR) is 148 cm³/mol. The van der Waals surface area contributed by atoms with Crippen molar-refractivity contribution in [3.63, 3.8) is 0 Å². The van der Waals surface area contributed by atoms with Crippen molar-refractivity contribution in [2.75, 3.05) is 46.6 Å². The van der Waals surface area contributed by atoms with Crippen molar-refractivity contribution in [3.05, 3.63) is 29.8 Å². The van der Waals surface area contributed by atoms with Gasteiger partial charge in [-0.1, -0.05) is 39.8 Å². The zero-order chi connectivity index (χ0) is 28.1. The van der Waals surface area contributed by atoms with Gasteiger partial charge in [0.25, 0.3) is 5.91 Å². The number of methoxy groups -OCH3 is 1. The van der Waals surface area contributed by atoms with Crippen molar-refractivity contribution in [2.45, 2.75) is 65.5 Å². The first-order valence-electron chi connectivity index (χ1n) is 13.9. The summed E-state index contributed by atoms with van der Waals surface area (Å²) >= 11 is 0. The largest absolute Gasteiger partial charge is 0.493 e. The molecule has 1 aliphatic rings. The molecular weight excluding hydrogens is 486 g/mol. The number of aliphatic hydroxyl groups excluding tert-OH is 1. The van der Waals surface area contributed by atoms with Crippen LogP contribution in [0.4, 0.5) is 0 Å². The molecule has 216 valence electrons. The topological polar surface area (TPSA) is 132 Å². The molecule has 0 aliphatic carbocycles. The second-order valence-corrected chi connectivity index (χ2v) is 11.2. The number of para-hydroxylation sites is 1. The van der Waals surface area contributed by atoms with E-state index in [1.165, 1.54) is 0 Å². The van der Waals surface area contributed by atoms with E-state index < -0.39 is 17.6 Å². The Labute approximate surface area is 228 Å². The Kier molecular flexibility index (Phi) is 13.5. The molecule has 1 saturated heterocycles. The third-order valence-electron chi connectivity index (χ3n) is 7.72. The SMILES string of the molecule is COCCCOc1ccccc1C(=O)NCC(CC(N)C(O)CNC(=O)C(C)(C)C1CCOCC1)C(C)C. The number of rotatable bonds is 16. The van der Waals surface area contributed by atoms with Crippen molar-refractivity contribution in [3.8, 4) is 5.75 Å². The summed E-state index contributed by atoms with van der Waals surface area (Å²) < 4.78 is 16.3. The van der Waals surface area contributed by atoms with Gasteiger partial charge in [0.05, 0.1) is 18.3 Å². The minimum atomic E-state index is -0.886. The Bertz CT molecular complexity index is 856. The van der Waals surface area contributed by atoms with E-state index in [1.54, 1.807) is 25.3 Å². The smallest absolute Gasteiger partial charge is 0.255 e. The van der Waals surface area contributed by atoms with Crippen molar-refractivity contribution < 1.29 is 28.9 Å². The zero-order valence-corrected chi connectivity index (χ0v) is 23.8. The van der Waals surface area contributed by atoms with Crippen LogP contribution in [0.15, 0.2) is 24.3 Å². The lowest BCUT2D eigenvalue weighted by Crippen LogP contribution is -2.50. The van der Waals surface area contributed by atoms with Gasteiger partial charge in [-0.2, -0.15) is 0 Å². The number of aliphatic hydroxyl groups is 1. The monoisotopic (exact) mass is 535 g/mol. The molecule has 3 unspecified atom stereocenters. The number of nitrogens with two attached hydrogens (primary N) is 1. The van der Waals surface area contributed by atoms with E-state index in [2.05, 4.69) is 24.5 Å². The maximum atomic E-state index is 13.0. The molecule has 0 saturated carbocycles. The van der Waals surface area contributed by atoms with E-state index in [0.717, 1.165) is 19.3 Å². The average molecular weight is 536 g/mol. The molecule has 1 fully saturated rings. The number of carbonyl (C=O) groups excluding carboxylic acids is 2. The number of ether oxygens (including phenoxy) is 3. The second-order valence-electron chi connectivity index (χ2n) is 11.2. The summed E-state index contributed by atoms with van der Waals surface area (Å²) in [4.78, 5) is 25.8. The molecular formula is C29H49N3O6. The van der Waals surface area contributed by atoms with E-state index in [1.807, 2.05) is 19.9 Å². The van der Waals surface area contributed by atoms with Crippen LogP contribution in [0.5, 0.6) is 5.75 Å². The van der Waals surface area contributed by atoms with Crippen LogP contribution in [0.1, 0.15) is 63.7 Å². The molecule has 2 amide bonds. The first-order valence-corrected chi connectivity index (χ1v) is 13.9. The summed E-state index contributed by atoms with van der Waals surface area (Å²) in [6.45, 7) is 11.0. The van der Waals surface area contributed by atoms with Crippen LogP contribution < -0.4 is 21.1 Å². The van der Waals surface area contributed by atoms with E-state index in [0.29, 0.717) is 50.7 Å². The summed E-state index contributed by atoms with van der Waals surface area (Å²) in [5.74, 6) is 0.774. The second kappa shape index (κ2) is 16.0.